The molecule has 0 atom stereocenters. The first-order valence-corrected chi connectivity index (χ1v) is 7.07. The molecule has 0 bridgehead atoms. The molecule has 0 amide bonds. The fourth-order valence-corrected chi connectivity index (χ4v) is 2.14. The molecule has 0 aromatic heterocycles. The van der Waals surface area contributed by atoms with Crippen LogP contribution in [0.25, 0.3) is 0 Å². The molecule has 6 heteroatoms. The van der Waals surface area contributed by atoms with Crippen LogP contribution in [-0.2, 0) is 14.3 Å². The van der Waals surface area contributed by atoms with Crippen molar-refractivity contribution in [2.45, 2.75) is 18.9 Å². The molecule has 0 spiro atoms. The first-order chi connectivity index (χ1) is 7.01. The normalized spacial score (nSPS) is 20.7. The topological polar surface area (TPSA) is 58.6 Å². The van der Waals surface area contributed by atoms with Gasteiger partial charge in [0.1, 0.15) is 0 Å². The quantitative estimate of drug-likeness (QED) is 0.661. The van der Waals surface area contributed by atoms with E-state index in [1.54, 1.807) is 0 Å². The van der Waals surface area contributed by atoms with Crippen LogP contribution in [0.5, 0.6) is 0 Å². The van der Waals surface area contributed by atoms with Gasteiger partial charge in [-0.15, -0.1) is 0 Å². The summed E-state index contributed by atoms with van der Waals surface area (Å²) in [6.45, 7) is 2.99. The molecule has 0 aliphatic carbocycles. The molecule has 0 aromatic rings. The highest BCUT2D eigenvalue weighted by molar-refractivity contribution is 7.85. The van der Waals surface area contributed by atoms with E-state index in [1.807, 2.05) is 7.05 Å². The summed E-state index contributed by atoms with van der Waals surface area (Å²) in [7, 11) is -1.30. The summed E-state index contributed by atoms with van der Waals surface area (Å²) in [4.78, 5) is 2.24. The van der Waals surface area contributed by atoms with Crippen molar-refractivity contribution in [3.05, 3.63) is 0 Å². The van der Waals surface area contributed by atoms with Crippen LogP contribution in [0.3, 0.4) is 0 Å². The van der Waals surface area contributed by atoms with Crippen molar-refractivity contribution >= 4 is 10.1 Å². The number of hydrogen-bond donors (Lipinski definition) is 1. The molecule has 1 fully saturated rings. The molecule has 1 rings (SSSR count). The van der Waals surface area contributed by atoms with E-state index < -0.39 is 10.1 Å². The Kier molecular flexibility index (Phi) is 4.98. The lowest BCUT2D eigenvalue weighted by atomic mass is 10.1. The van der Waals surface area contributed by atoms with Crippen molar-refractivity contribution in [3.8, 4) is 0 Å². The van der Waals surface area contributed by atoms with Gasteiger partial charge in [0.25, 0.3) is 10.1 Å². The molecular formula is C9H20N2O3S. The van der Waals surface area contributed by atoms with Crippen LogP contribution in [-0.4, -0.2) is 58.9 Å². The van der Waals surface area contributed by atoms with Gasteiger partial charge in [0.05, 0.1) is 12.9 Å². The van der Waals surface area contributed by atoms with Gasteiger partial charge in [-0.25, -0.2) is 0 Å². The van der Waals surface area contributed by atoms with Gasteiger partial charge in [-0.05, 0) is 33.0 Å². The summed E-state index contributed by atoms with van der Waals surface area (Å²) in [6.07, 6.45) is 3.32. The summed E-state index contributed by atoms with van der Waals surface area (Å²) in [5, 5.41) is 3.25. The number of nitrogens with zero attached hydrogens (tertiary/aromatic N) is 1. The van der Waals surface area contributed by atoms with Crippen LogP contribution >= 0.6 is 0 Å². The number of nitrogens with one attached hydrogen (secondary N) is 1. The van der Waals surface area contributed by atoms with E-state index >= 15 is 0 Å². The van der Waals surface area contributed by atoms with Crippen LogP contribution in [0.2, 0.25) is 0 Å². The number of piperidine rings is 1. The monoisotopic (exact) mass is 236 g/mol. The second-order valence-corrected chi connectivity index (χ2v) is 5.57. The smallest absolute Gasteiger partial charge is 0.264 e. The lowest BCUT2D eigenvalue weighted by Gasteiger charge is -2.31. The van der Waals surface area contributed by atoms with Gasteiger partial charge in [-0.3, -0.25) is 4.18 Å². The fourth-order valence-electron chi connectivity index (χ4n) is 1.76. The van der Waals surface area contributed by atoms with Crippen molar-refractivity contribution in [3.63, 3.8) is 0 Å². The lowest BCUT2D eigenvalue weighted by Crippen LogP contribution is -2.42. The van der Waals surface area contributed by atoms with Gasteiger partial charge in [0, 0.05) is 12.6 Å². The van der Waals surface area contributed by atoms with Crippen molar-refractivity contribution in [1.29, 1.82) is 0 Å². The Balaban J connectivity index is 2.14. The molecule has 1 saturated heterocycles. The highest BCUT2D eigenvalue weighted by atomic mass is 32.2. The zero-order valence-electron chi connectivity index (χ0n) is 9.40. The summed E-state index contributed by atoms with van der Waals surface area (Å²) >= 11 is 0. The van der Waals surface area contributed by atoms with Crippen LogP contribution in [0, 0.1) is 0 Å². The SMILES string of the molecule is CNC1CCN(CCOS(C)(=O)=O)CC1. The molecule has 5 nitrogen and oxygen atoms in total. The molecule has 1 aliphatic heterocycles. The summed E-state index contributed by atoms with van der Waals surface area (Å²) < 4.78 is 26.1. The molecule has 0 aromatic carbocycles. The standard InChI is InChI=1S/C9H20N2O3S/c1-10-9-3-5-11(6-4-9)7-8-14-15(2,12)13/h9-10H,3-8H2,1-2H3. The Hall–Kier alpha value is -0.170. The van der Waals surface area contributed by atoms with Crippen LogP contribution in [0.1, 0.15) is 12.8 Å². The van der Waals surface area contributed by atoms with E-state index in [4.69, 9.17) is 4.18 Å². The zero-order chi connectivity index (χ0) is 11.3. The maximum Gasteiger partial charge on any atom is 0.264 e. The largest absolute Gasteiger partial charge is 0.317 e. The van der Waals surface area contributed by atoms with Crippen molar-refractivity contribution in [2.75, 3.05) is 39.5 Å². The van der Waals surface area contributed by atoms with Crippen molar-refractivity contribution < 1.29 is 12.6 Å². The second kappa shape index (κ2) is 5.79. The van der Waals surface area contributed by atoms with Crippen LogP contribution in [0.4, 0.5) is 0 Å². The Labute approximate surface area is 91.9 Å². The molecule has 1 N–H and O–H groups in total. The average molecular weight is 236 g/mol. The van der Waals surface area contributed by atoms with E-state index in [9.17, 15) is 8.42 Å². The third-order valence-corrected chi connectivity index (χ3v) is 3.30. The van der Waals surface area contributed by atoms with Gasteiger partial charge >= 0.3 is 0 Å². The predicted octanol–water partition coefficient (Wildman–Crippen LogP) is -0.354. The summed E-state index contributed by atoms with van der Waals surface area (Å²) in [5.74, 6) is 0. The Bertz CT molecular complexity index is 271. The highest BCUT2D eigenvalue weighted by Crippen LogP contribution is 2.09. The minimum atomic E-state index is -3.28. The zero-order valence-corrected chi connectivity index (χ0v) is 10.2. The van der Waals surface area contributed by atoms with Gasteiger partial charge in [0.2, 0.25) is 0 Å². The minimum Gasteiger partial charge on any atom is -0.317 e. The fraction of sp³-hybridized carbons (Fsp3) is 1.00. The second-order valence-electron chi connectivity index (χ2n) is 3.93. The minimum absolute atomic E-state index is 0.267. The Morgan fingerprint density at radius 3 is 2.47 bits per heavy atom. The third kappa shape index (κ3) is 5.46. The lowest BCUT2D eigenvalue weighted by molar-refractivity contribution is 0.170. The predicted molar refractivity (Wildman–Crippen MR) is 59.3 cm³/mol. The van der Waals surface area contributed by atoms with Crippen molar-refractivity contribution in [2.24, 2.45) is 0 Å². The van der Waals surface area contributed by atoms with E-state index in [1.165, 1.54) is 0 Å². The average Bonchev–Trinajstić information content (AvgIpc) is 2.17. The van der Waals surface area contributed by atoms with Crippen LogP contribution in [0.15, 0.2) is 0 Å². The molecular weight excluding hydrogens is 216 g/mol. The maximum absolute atomic E-state index is 10.7. The molecule has 0 radical (unpaired) electrons. The maximum atomic E-state index is 10.7. The Morgan fingerprint density at radius 2 is 2.00 bits per heavy atom. The van der Waals surface area contributed by atoms with E-state index in [2.05, 4.69) is 10.2 Å². The van der Waals surface area contributed by atoms with Crippen LogP contribution < -0.4 is 5.32 Å². The summed E-state index contributed by atoms with van der Waals surface area (Å²) in [5.41, 5.74) is 0. The van der Waals surface area contributed by atoms with E-state index in [0.29, 0.717) is 12.6 Å². The summed E-state index contributed by atoms with van der Waals surface area (Å²) in [6, 6.07) is 0.608. The van der Waals surface area contributed by atoms with Gasteiger partial charge in [-0.2, -0.15) is 8.42 Å². The molecule has 1 heterocycles. The molecule has 0 unspecified atom stereocenters. The molecule has 0 saturated carbocycles. The van der Waals surface area contributed by atoms with E-state index in [-0.39, 0.29) is 6.61 Å². The third-order valence-electron chi connectivity index (χ3n) is 2.70. The van der Waals surface area contributed by atoms with Gasteiger partial charge in [-0.1, -0.05) is 0 Å². The number of hydrogen-bond acceptors (Lipinski definition) is 5. The number of likely N-dealkylation sites (tertiary alicyclic amines) is 1. The van der Waals surface area contributed by atoms with Crippen molar-refractivity contribution in [1.82, 2.24) is 10.2 Å². The molecule has 90 valence electrons. The highest BCUT2D eigenvalue weighted by Gasteiger charge is 2.17. The Morgan fingerprint density at radius 1 is 1.40 bits per heavy atom. The number of rotatable bonds is 5. The van der Waals surface area contributed by atoms with Gasteiger partial charge in [0.15, 0.2) is 0 Å². The first-order valence-electron chi connectivity index (χ1n) is 5.25. The van der Waals surface area contributed by atoms with Gasteiger partial charge < -0.3 is 10.2 Å². The molecule has 1 aliphatic rings. The molecule has 15 heavy (non-hydrogen) atoms. The van der Waals surface area contributed by atoms with E-state index in [0.717, 1.165) is 32.2 Å². The first kappa shape index (κ1) is 12.9.